The number of hydrogen-bond acceptors (Lipinski definition) is 2. The Bertz CT molecular complexity index is 189. The Balaban J connectivity index is 3.46. The van der Waals surface area contributed by atoms with Crippen LogP contribution in [0.25, 0.3) is 0 Å². The van der Waals surface area contributed by atoms with Crippen LogP contribution in [0.3, 0.4) is 0 Å². The summed E-state index contributed by atoms with van der Waals surface area (Å²) in [6.07, 6.45) is 7.69. The monoisotopic (exact) mass is 242 g/mol. The molecular formula is C15H30O2. The Labute approximate surface area is 107 Å². The SMILES string of the molecule is CCCCCCOC(C)CCC(=O)C(C)CC. The van der Waals surface area contributed by atoms with Gasteiger partial charge in [-0.1, -0.05) is 40.0 Å². The van der Waals surface area contributed by atoms with Gasteiger partial charge < -0.3 is 4.74 Å². The molecule has 2 nitrogen and oxygen atoms in total. The second-order valence-electron chi connectivity index (χ2n) is 5.06. The first kappa shape index (κ1) is 16.6. The van der Waals surface area contributed by atoms with E-state index in [2.05, 4.69) is 20.8 Å². The predicted octanol–water partition coefficient (Wildman–Crippen LogP) is 4.37. The van der Waals surface area contributed by atoms with Crippen LogP contribution in [-0.2, 0) is 9.53 Å². The normalized spacial score (nSPS) is 14.6. The highest BCUT2D eigenvalue weighted by atomic mass is 16.5. The molecule has 17 heavy (non-hydrogen) atoms. The van der Waals surface area contributed by atoms with Gasteiger partial charge in [-0.15, -0.1) is 0 Å². The maximum atomic E-state index is 11.6. The van der Waals surface area contributed by atoms with E-state index in [1.807, 2.05) is 6.92 Å². The van der Waals surface area contributed by atoms with E-state index in [1.165, 1.54) is 19.3 Å². The third-order valence-corrected chi connectivity index (χ3v) is 3.36. The minimum Gasteiger partial charge on any atom is -0.378 e. The topological polar surface area (TPSA) is 26.3 Å². The maximum absolute atomic E-state index is 11.6. The molecule has 0 spiro atoms. The van der Waals surface area contributed by atoms with Crippen LogP contribution in [-0.4, -0.2) is 18.5 Å². The summed E-state index contributed by atoms with van der Waals surface area (Å²) in [4.78, 5) is 11.6. The van der Waals surface area contributed by atoms with Crippen LogP contribution in [0.5, 0.6) is 0 Å². The number of carbonyl (C=O) groups is 1. The molecule has 2 unspecified atom stereocenters. The first-order chi connectivity index (χ1) is 8.11. The third kappa shape index (κ3) is 9.34. The molecule has 0 heterocycles. The Kier molecular flexibility index (Phi) is 10.5. The van der Waals surface area contributed by atoms with Gasteiger partial charge in [0.1, 0.15) is 5.78 Å². The van der Waals surface area contributed by atoms with Gasteiger partial charge >= 0.3 is 0 Å². The minimum absolute atomic E-state index is 0.215. The Hall–Kier alpha value is -0.370. The zero-order chi connectivity index (χ0) is 13.1. The maximum Gasteiger partial charge on any atom is 0.135 e. The van der Waals surface area contributed by atoms with Gasteiger partial charge in [-0.25, -0.2) is 0 Å². The lowest BCUT2D eigenvalue weighted by Gasteiger charge is -2.14. The lowest BCUT2D eigenvalue weighted by molar-refractivity contribution is -0.123. The van der Waals surface area contributed by atoms with Gasteiger partial charge in [0, 0.05) is 18.9 Å². The molecule has 102 valence electrons. The van der Waals surface area contributed by atoms with E-state index in [4.69, 9.17) is 4.74 Å². The number of ketones is 1. The summed E-state index contributed by atoms with van der Waals surface area (Å²) in [6.45, 7) is 9.21. The zero-order valence-electron chi connectivity index (χ0n) is 12.1. The quantitative estimate of drug-likeness (QED) is 0.503. The van der Waals surface area contributed by atoms with Gasteiger partial charge in [-0.05, 0) is 26.2 Å². The highest BCUT2D eigenvalue weighted by Gasteiger charge is 2.12. The molecule has 0 bridgehead atoms. The van der Waals surface area contributed by atoms with E-state index in [0.29, 0.717) is 12.2 Å². The molecule has 0 aromatic rings. The third-order valence-electron chi connectivity index (χ3n) is 3.36. The largest absolute Gasteiger partial charge is 0.378 e. The molecule has 2 atom stereocenters. The van der Waals surface area contributed by atoms with Crippen molar-refractivity contribution in [2.45, 2.75) is 78.7 Å². The fourth-order valence-electron chi connectivity index (χ4n) is 1.72. The fraction of sp³-hybridized carbons (Fsp3) is 0.933. The Morgan fingerprint density at radius 2 is 1.82 bits per heavy atom. The summed E-state index contributed by atoms with van der Waals surface area (Å²) in [5, 5.41) is 0. The predicted molar refractivity (Wildman–Crippen MR) is 73.3 cm³/mol. The summed E-state index contributed by atoms with van der Waals surface area (Å²) in [6, 6.07) is 0. The molecule has 0 radical (unpaired) electrons. The summed E-state index contributed by atoms with van der Waals surface area (Å²) in [5.41, 5.74) is 0. The second-order valence-corrected chi connectivity index (χ2v) is 5.06. The van der Waals surface area contributed by atoms with Gasteiger partial charge in [0.15, 0.2) is 0 Å². The van der Waals surface area contributed by atoms with E-state index in [0.717, 1.165) is 25.9 Å². The van der Waals surface area contributed by atoms with Crippen molar-refractivity contribution in [2.24, 2.45) is 5.92 Å². The van der Waals surface area contributed by atoms with E-state index in [-0.39, 0.29) is 12.0 Å². The van der Waals surface area contributed by atoms with Crippen LogP contribution in [0.4, 0.5) is 0 Å². The van der Waals surface area contributed by atoms with Crippen molar-refractivity contribution in [1.82, 2.24) is 0 Å². The molecule has 0 aliphatic rings. The highest BCUT2D eigenvalue weighted by molar-refractivity contribution is 5.80. The van der Waals surface area contributed by atoms with Crippen molar-refractivity contribution in [3.63, 3.8) is 0 Å². The average Bonchev–Trinajstić information content (AvgIpc) is 2.34. The zero-order valence-corrected chi connectivity index (χ0v) is 12.1. The van der Waals surface area contributed by atoms with Gasteiger partial charge in [0.2, 0.25) is 0 Å². The fourth-order valence-corrected chi connectivity index (χ4v) is 1.72. The standard InChI is InChI=1S/C15H30O2/c1-5-7-8-9-12-17-14(4)10-11-15(16)13(3)6-2/h13-14H,5-12H2,1-4H3. The molecule has 2 heteroatoms. The van der Waals surface area contributed by atoms with Crippen LogP contribution in [0.1, 0.15) is 72.6 Å². The molecule has 0 amide bonds. The van der Waals surface area contributed by atoms with Gasteiger partial charge in [-0.3, -0.25) is 4.79 Å². The summed E-state index contributed by atoms with van der Waals surface area (Å²) in [7, 11) is 0. The summed E-state index contributed by atoms with van der Waals surface area (Å²) in [5.74, 6) is 0.598. The van der Waals surface area contributed by atoms with E-state index >= 15 is 0 Å². The van der Waals surface area contributed by atoms with Gasteiger partial charge in [0.05, 0.1) is 6.10 Å². The Morgan fingerprint density at radius 3 is 2.41 bits per heavy atom. The highest BCUT2D eigenvalue weighted by Crippen LogP contribution is 2.10. The van der Waals surface area contributed by atoms with Crippen molar-refractivity contribution in [3.05, 3.63) is 0 Å². The van der Waals surface area contributed by atoms with E-state index in [1.54, 1.807) is 0 Å². The van der Waals surface area contributed by atoms with Crippen LogP contribution in [0.15, 0.2) is 0 Å². The van der Waals surface area contributed by atoms with E-state index < -0.39 is 0 Å². The van der Waals surface area contributed by atoms with Crippen molar-refractivity contribution in [2.75, 3.05) is 6.61 Å². The molecular weight excluding hydrogens is 212 g/mol. The van der Waals surface area contributed by atoms with Gasteiger partial charge in [0.25, 0.3) is 0 Å². The van der Waals surface area contributed by atoms with Crippen LogP contribution in [0.2, 0.25) is 0 Å². The molecule has 0 saturated heterocycles. The molecule has 0 N–H and O–H groups in total. The molecule has 0 aliphatic carbocycles. The Morgan fingerprint density at radius 1 is 1.12 bits per heavy atom. The van der Waals surface area contributed by atoms with Crippen LogP contribution >= 0.6 is 0 Å². The second kappa shape index (κ2) is 10.8. The van der Waals surface area contributed by atoms with Crippen LogP contribution < -0.4 is 0 Å². The molecule has 0 fully saturated rings. The van der Waals surface area contributed by atoms with Crippen molar-refractivity contribution >= 4 is 5.78 Å². The molecule has 0 aromatic heterocycles. The first-order valence-corrected chi connectivity index (χ1v) is 7.26. The number of hydrogen-bond donors (Lipinski definition) is 0. The number of Topliss-reactive ketones (excluding diaryl/α,β-unsaturated/α-hetero) is 1. The summed E-state index contributed by atoms with van der Waals surface area (Å²) < 4.78 is 5.70. The van der Waals surface area contributed by atoms with Gasteiger partial charge in [-0.2, -0.15) is 0 Å². The average molecular weight is 242 g/mol. The molecule has 0 rings (SSSR count). The lowest BCUT2D eigenvalue weighted by Crippen LogP contribution is -2.15. The number of ether oxygens (including phenoxy) is 1. The molecule has 0 aromatic carbocycles. The van der Waals surface area contributed by atoms with Crippen molar-refractivity contribution in [1.29, 1.82) is 0 Å². The smallest absolute Gasteiger partial charge is 0.135 e. The number of unbranched alkanes of at least 4 members (excludes halogenated alkanes) is 3. The summed E-state index contributed by atoms with van der Waals surface area (Å²) >= 11 is 0. The van der Waals surface area contributed by atoms with Crippen molar-refractivity contribution < 1.29 is 9.53 Å². The van der Waals surface area contributed by atoms with Crippen LogP contribution in [0, 0.1) is 5.92 Å². The minimum atomic E-state index is 0.215. The van der Waals surface area contributed by atoms with Crippen molar-refractivity contribution in [3.8, 4) is 0 Å². The lowest BCUT2D eigenvalue weighted by atomic mass is 9.99. The molecule has 0 aliphatic heterocycles. The number of rotatable bonds is 11. The van der Waals surface area contributed by atoms with E-state index in [9.17, 15) is 4.79 Å². The first-order valence-electron chi connectivity index (χ1n) is 7.26. The molecule has 0 saturated carbocycles. The number of carbonyl (C=O) groups excluding carboxylic acids is 1.